The van der Waals surface area contributed by atoms with Gasteiger partial charge in [0.05, 0.1) is 24.8 Å². The molecule has 2 aromatic rings. The number of rotatable bonds is 5. The summed E-state index contributed by atoms with van der Waals surface area (Å²) in [5.41, 5.74) is 3.83. The van der Waals surface area contributed by atoms with Crippen molar-refractivity contribution in [2.45, 2.75) is 32.7 Å². The zero-order chi connectivity index (χ0) is 17.1. The van der Waals surface area contributed by atoms with Crippen molar-refractivity contribution in [3.8, 4) is 0 Å². The van der Waals surface area contributed by atoms with Crippen molar-refractivity contribution in [2.24, 2.45) is 5.92 Å². The number of aromatic nitrogens is 2. The molecule has 1 aliphatic rings. The minimum atomic E-state index is -0.0650. The molecule has 2 heterocycles. The van der Waals surface area contributed by atoms with E-state index in [1.54, 1.807) is 0 Å². The third-order valence-electron chi connectivity index (χ3n) is 4.60. The molecule has 0 saturated carbocycles. The number of halogens is 1. The number of carbonyl (C=O) groups is 1. The molecule has 2 N–H and O–H groups in total. The lowest BCUT2D eigenvalue weighted by Gasteiger charge is -2.24. The number of ether oxygens (including phenoxy) is 1. The normalized spacial score (nSPS) is 18.5. The van der Waals surface area contributed by atoms with Crippen molar-refractivity contribution in [1.29, 1.82) is 0 Å². The minimum Gasteiger partial charge on any atom is -0.381 e. The lowest BCUT2D eigenvalue weighted by Crippen LogP contribution is -2.35. The average Bonchev–Trinajstić information content (AvgIpc) is 3.19. The van der Waals surface area contributed by atoms with E-state index in [0.29, 0.717) is 18.1 Å². The van der Waals surface area contributed by atoms with Gasteiger partial charge in [-0.15, -0.1) is 0 Å². The maximum absolute atomic E-state index is 12.6. The summed E-state index contributed by atoms with van der Waals surface area (Å²) in [6, 6.07) is 7.59. The van der Waals surface area contributed by atoms with Gasteiger partial charge in [-0.3, -0.25) is 9.89 Å². The number of hydrogen-bond donors (Lipinski definition) is 2. The number of benzene rings is 1. The summed E-state index contributed by atoms with van der Waals surface area (Å²) in [4.78, 5) is 12.6. The molecule has 6 heteroatoms. The fourth-order valence-corrected chi connectivity index (χ4v) is 3.30. The lowest BCUT2D eigenvalue weighted by atomic mass is 9.92. The summed E-state index contributed by atoms with van der Waals surface area (Å²) in [5, 5.41) is 11.0. The molecule has 0 radical (unpaired) electrons. The largest absolute Gasteiger partial charge is 0.381 e. The fourth-order valence-electron chi connectivity index (χ4n) is 3.18. The topological polar surface area (TPSA) is 67.0 Å². The molecule has 128 valence electrons. The van der Waals surface area contributed by atoms with E-state index >= 15 is 0 Å². The second kappa shape index (κ2) is 7.36. The van der Waals surface area contributed by atoms with Crippen LogP contribution >= 0.6 is 11.6 Å². The van der Waals surface area contributed by atoms with E-state index in [2.05, 4.69) is 15.5 Å². The van der Waals surface area contributed by atoms with Crippen LogP contribution in [0.25, 0.3) is 0 Å². The molecule has 1 aliphatic heterocycles. The van der Waals surface area contributed by atoms with Gasteiger partial charge in [0.25, 0.3) is 0 Å². The van der Waals surface area contributed by atoms with E-state index in [1.807, 2.05) is 38.1 Å². The van der Waals surface area contributed by atoms with Gasteiger partial charge in [0.2, 0.25) is 5.91 Å². The van der Waals surface area contributed by atoms with Gasteiger partial charge in [-0.1, -0.05) is 23.7 Å². The highest BCUT2D eigenvalue weighted by molar-refractivity contribution is 6.30. The molecule has 1 saturated heterocycles. The maximum atomic E-state index is 12.6. The van der Waals surface area contributed by atoms with Gasteiger partial charge in [-0.2, -0.15) is 5.10 Å². The standard InChI is InChI=1S/C18H22ClN3O2/c1-11-16(12(2)22-21-11)9-17(23)20-18(14-7-8-24-10-14)13-3-5-15(19)6-4-13/h3-6,14,18H,7-10H2,1-2H3,(H,20,23)(H,21,22)/t14-,18+/m0/s1. The molecule has 5 nitrogen and oxygen atoms in total. The molecule has 3 rings (SSSR count). The second-order valence-electron chi connectivity index (χ2n) is 6.31. The van der Waals surface area contributed by atoms with E-state index in [-0.39, 0.29) is 17.9 Å². The number of nitrogens with one attached hydrogen (secondary N) is 2. The number of amides is 1. The predicted octanol–water partition coefficient (Wildman–Crippen LogP) is 3.12. The van der Waals surface area contributed by atoms with Gasteiger partial charge in [0.15, 0.2) is 0 Å². The van der Waals surface area contributed by atoms with E-state index in [1.165, 1.54) is 0 Å². The number of hydrogen-bond acceptors (Lipinski definition) is 3. The Bertz CT molecular complexity index is 686. The summed E-state index contributed by atoms with van der Waals surface area (Å²) >= 11 is 5.99. The first-order valence-electron chi connectivity index (χ1n) is 8.17. The maximum Gasteiger partial charge on any atom is 0.225 e. The van der Waals surface area contributed by atoms with Gasteiger partial charge < -0.3 is 10.1 Å². The van der Waals surface area contributed by atoms with Crippen LogP contribution < -0.4 is 5.32 Å². The molecule has 0 spiro atoms. The second-order valence-corrected chi connectivity index (χ2v) is 6.75. The van der Waals surface area contributed by atoms with Crippen LogP contribution in [0.1, 0.15) is 35.0 Å². The molecule has 0 bridgehead atoms. The highest BCUT2D eigenvalue weighted by atomic mass is 35.5. The Morgan fingerprint density at radius 2 is 2.17 bits per heavy atom. The van der Waals surface area contributed by atoms with Crippen LogP contribution in [-0.4, -0.2) is 29.3 Å². The van der Waals surface area contributed by atoms with Crippen LogP contribution in [0.2, 0.25) is 5.02 Å². The smallest absolute Gasteiger partial charge is 0.225 e. The molecule has 1 amide bonds. The van der Waals surface area contributed by atoms with Crippen LogP contribution in [0, 0.1) is 19.8 Å². The Hall–Kier alpha value is -1.85. The first-order chi connectivity index (χ1) is 11.5. The van der Waals surface area contributed by atoms with Crippen LogP contribution in [0.5, 0.6) is 0 Å². The van der Waals surface area contributed by atoms with Gasteiger partial charge in [0.1, 0.15) is 0 Å². The van der Waals surface area contributed by atoms with E-state index in [4.69, 9.17) is 16.3 Å². The first-order valence-corrected chi connectivity index (χ1v) is 8.55. The van der Waals surface area contributed by atoms with Gasteiger partial charge in [0, 0.05) is 28.8 Å². The Kier molecular flexibility index (Phi) is 5.21. The molecule has 1 fully saturated rings. The van der Waals surface area contributed by atoms with Crippen LogP contribution in [0.15, 0.2) is 24.3 Å². The number of H-pyrrole nitrogens is 1. The monoisotopic (exact) mass is 347 g/mol. The quantitative estimate of drug-likeness (QED) is 0.873. The number of carbonyl (C=O) groups excluding carboxylic acids is 1. The number of aromatic amines is 1. The van der Waals surface area contributed by atoms with Crippen molar-refractivity contribution >= 4 is 17.5 Å². The summed E-state index contributed by atoms with van der Waals surface area (Å²) < 4.78 is 5.52. The molecular weight excluding hydrogens is 326 g/mol. The van der Waals surface area contributed by atoms with Crippen molar-refractivity contribution < 1.29 is 9.53 Å². The molecule has 24 heavy (non-hydrogen) atoms. The molecule has 1 aromatic heterocycles. The zero-order valence-electron chi connectivity index (χ0n) is 13.9. The fraction of sp³-hybridized carbons (Fsp3) is 0.444. The van der Waals surface area contributed by atoms with Crippen molar-refractivity contribution in [3.05, 3.63) is 51.8 Å². The van der Waals surface area contributed by atoms with E-state index in [9.17, 15) is 4.79 Å². The summed E-state index contributed by atoms with van der Waals surface area (Å²) in [6.45, 7) is 5.25. The SMILES string of the molecule is Cc1n[nH]c(C)c1CC(=O)N[C@H](c1ccc(Cl)cc1)[C@H]1CCOC1. The van der Waals surface area contributed by atoms with Crippen LogP contribution in [0.3, 0.4) is 0 Å². The summed E-state index contributed by atoms with van der Waals surface area (Å²) in [6.07, 6.45) is 1.27. The number of nitrogens with zero attached hydrogens (tertiary/aromatic N) is 1. The van der Waals surface area contributed by atoms with E-state index < -0.39 is 0 Å². The van der Waals surface area contributed by atoms with Gasteiger partial charge in [-0.05, 0) is 38.0 Å². The summed E-state index contributed by atoms with van der Waals surface area (Å²) in [5.74, 6) is 0.274. The Morgan fingerprint density at radius 1 is 1.42 bits per heavy atom. The molecular formula is C18H22ClN3O2. The Morgan fingerprint density at radius 3 is 2.75 bits per heavy atom. The molecule has 0 unspecified atom stereocenters. The molecule has 0 aliphatic carbocycles. The molecule has 2 atom stereocenters. The Labute approximate surface area is 146 Å². The van der Waals surface area contributed by atoms with Crippen molar-refractivity contribution in [2.75, 3.05) is 13.2 Å². The number of aryl methyl sites for hydroxylation is 2. The predicted molar refractivity (Wildman–Crippen MR) is 93.0 cm³/mol. The lowest BCUT2D eigenvalue weighted by molar-refractivity contribution is -0.121. The van der Waals surface area contributed by atoms with Crippen LogP contribution in [-0.2, 0) is 16.0 Å². The highest BCUT2D eigenvalue weighted by Gasteiger charge is 2.28. The van der Waals surface area contributed by atoms with Gasteiger partial charge in [-0.25, -0.2) is 0 Å². The van der Waals surface area contributed by atoms with E-state index in [0.717, 1.165) is 35.5 Å². The zero-order valence-corrected chi connectivity index (χ0v) is 14.7. The third-order valence-corrected chi connectivity index (χ3v) is 4.85. The van der Waals surface area contributed by atoms with Crippen LogP contribution in [0.4, 0.5) is 0 Å². The summed E-state index contributed by atoms with van der Waals surface area (Å²) in [7, 11) is 0. The average molecular weight is 348 g/mol. The highest BCUT2D eigenvalue weighted by Crippen LogP contribution is 2.29. The third kappa shape index (κ3) is 3.79. The molecule has 1 aromatic carbocycles. The Balaban J connectivity index is 1.76. The van der Waals surface area contributed by atoms with Crippen molar-refractivity contribution in [1.82, 2.24) is 15.5 Å². The van der Waals surface area contributed by atoms with Gasteiger partial charge >= 0.3 is 0 Å². The first kappa shape index (κ1) is 17.0. The van der Waals surface area contributed by atoms with Crippen molar-refractivity contribution in [3.63, 3.8) is 0 Å². The minimum absolute atomic E-state index is 0.00514.